The number of amides is 1. The molecule has 2 aromatic carbocycles. The van der Waals surface area contributed by atoms with Crippen molar-refractivity contribution >= 4 is 23.6 Å². The van der Waals surface area contributed by atoms with Crippen molar-refractivity contribution in [3.63, 3.8) is 0 Å². The Balaban J connectivity index is 1.98. The molecule has 0 atom stereocenters. The molecule has 0 spiro atoms. The van der Waals surface area contributed by atoms with E-state index in [2.05, 4.69) is 10.1 Å². The summed E-state index contributed by atoms with van der Waals surface area (Å²) in [5, 5.41) is 2.71. The Morgan fingerprint density at radius 1 is 1.12 bits per heavy atom. The molecule has 0 aliphatic rings. The first-order valence-electron chi connectivity index (χ1n) is 7.52. The molecule has 2 aromatic rings. The van der Waals surface area contributed by atoms with Crippen LogP contribution in [0, 0.1) is 0 Å². The molecule has 0 fully saturated rings. The van der Waals surface area contributed by atoms with Gasteiger partial charge in [0.25, 0.3) is 0 Å². The topological polar surface area (TPSA) is 64.6 Å². The molecule has 1 N–H and O–H groups in total. The van der Waals surface area contributed by atoms with E-state index in [9.17, 15) is 9.59 Å². The molecule has 124 valence electrons. The molecule has 0 bridgehead atoms. The van der Waals surface area contributed by atoms with E-state index in [1.165, 1.54) is 13.2 Å². The maximum Gasteiger partial charge on any atom is 0.337 e. The van der Waals surface area contributed by atoms with Gasteiger partial charge in [0.1, 0.15) is 5.75 Å². The van der Waals surface area contributed by atoms with Crippen LogP contribution in [0.1, 0.15) is 22.8 Å². The summed E-state index contributed by atoms with van der Waals surface area (Å²) in [5.74, 6) is 0.0562. The van der Waals surface area contributed by atoms with Crippen molar-refractivity contribution in [1.82, 2.24) is 0 Å². The number of carbonyl (C=O) groups excluding carboxylic acids is 2. The van der Waals surface area contributed by atoms with Gasteiger partial charge in [-0.1, -0.05) is 18.2 Å². The minimum Gasteiger partial charge on any atom is -0.494 e. The average molecular weight is 325 g/mol. The summed E-state index contributed by atoms with van der Waals surface area (Å²) in [7, 11) is 1.31. The SMILES string of the molecule is CCOc1ccc(C=CC(=O)Nc2cccc(C(=O)OC)c2)cc1. The number of hydrogen-bond donors (Lipinski definition) is 1. The molecule has 24 heavy (non-hydrogen) atoms. The monoisotopic (exact) mass is 325 g/mol. The highest BCUT2D eigenvalue weighted by atomic mass is 16.5. The summed E-state index contributed by atoms with van der Waals surface area (Å²) in [6, 6.07) is 14.0. The normalized spacial score (nSPS) is 10.4. The van der Waals surface area contributed by atoms with E-state index >= 15 is 0 Å². The fraction of sp³-hybridized carbons (Fsp3) is 0.158. The van der Waals surface area contributed by atoms with Crippen LogP contribution < -0.4 is 10.1 Å². The fourth-order valence-corrected chi connectivity index (χ4v) is 2.04. The first-order valence-corrected chi connectivity index (χ1v) is 7.52. The lowest BCUT2D eigenvalue weighted by Gasteiger charge is -2.05. The second-order valence-electron chi connectivity index (χ2n) is 4.90. The van der Waals surface area contributed by atoms with Crippen molar-refractivity contribution in [3.05, 3.63) is 65.7 Å². The van der Waals surface area contributed by atoms with Crippen LogP contribution in [0.4, 0.5) is 5.69 Å². The zero-order valence-electron chi connectivity index (χ0n) is 13.6. The zero-order chi connectivity index (χ0) is 17.4. The van der Waals surface area contributed by atoms with E-state index in [0.717, 1.165) is 11.3 Å². The van der Waals surface area contributed by atoms with Gasteiger partial charge in [0.15, 0.2) is 0 Å². The summed E-state index contributed by atoms with van der Waals surface area (Å²) in [6.45, 7) is 2.54. The fourth-order valence-electron chi connectivity index (χ4n) is 2.04. The number of anilines is 1. The Bertz CT molecular complexity index is 735. The Hall–Kier alpha value is -3.08. The van der Waals surface area contributed by atoms with E-state index in [4.69, 9.17) is 4.74 Å². The van der Waals surface area contributed by atoms with Gasteiger partial charge in [-0.15, -0.1) is 0 Å². The molecular weight excluding hydrogens is 306 g/mol. The van der Waals surface area contributed by atoms with Crippen LogP contribution in [0.25, 0.3) is 6.08 Å². The largest absolute Gasteiger partial charge is 0.494 e. The molecule has 5 heteroatoms. The lowest BCUT2D eigenvalue weighted by atomic mass is 10.2. The number of methoxy groups -OCH3 is 1. The maximum absolute atomic E-state index is 12.0. The minimum atomic E-state index is -0.448. The summed E-state index contributed by atoms with van der Waals surface area (Å²) in [5.41, 5.74) is 1.79. The standard InChI is InChI=1S/C19H19NO4/c1-3-24-17-10-7-14(8-11-17)9-12-18(21)20-16-6-4-5-15(13-16)19(22)23-2/h4-13H,3H2,1-2H3,(H,20,21). The lowest BCUT2D eigenvalue weighted by Crippen LogP contribution is -2.09. The molecule has 0 radical (unpaired) electrons. The van der Waals surface area contributed by atoms with Crippen LogP contribution in [0.5, 0.6) is 5.75 Å². The Morgan fingerprint density at radius 2 is 1.88 bits per heavy atom. The number of ether oxygens (including phenoxy) is 2. The van der Waals surface area contributed by atoms with Gasteiger partial charge in [-0.25, -0.2) is 4.79 Å². The van der Waals surface area contributed by atoms with E-state index in [-0.39, 0.29) is 5.91 Å². The van der Waals surface area contributed by atoms with Crippen molar-refractivity contribution in [3.8, 4) is 5.75 Å². The highest BCUT2D eigenvalue weighted by molar-refractivity contribution is 6.02. The highest BCUT2D eigenvalue weighted by Crippen LogP contribution is 2.14. The predicted molar refractivity (Wildman–Crippen MR) is 93.1 cm³/mol. The summed E-state index contributed by atoms with van der Waals surface area (Å²) < 4.78 is 10.0. The number of benzene rings is 2. The van der Waals surface area contributed by atoms with Crippen LogP contribution >= 0.6 is 0 Å². The second kappa shape index (κ2) is 8.53. The maximum atomic E-state index is 12.0. The van der Waals surface area contributed by atoms with E-state index in [1.54, 1.807) is 30.3 Å². The average Bonchev–Trinajstić information content (AvgIpc) is 2.61. The second-order valence-corrected chi connectivity index (χ2v) is 4.90. The zero-order valence-corrected chi connectivity index (χ0v) is 13.6. The minimum absolute atomic E-state index is 0.286. The Morgan fingerprint density at radius 3 is 2.54 bits per heavy atom. The van der Waals surface area contributed by atoms with Gasteiger partial charge in [0.2, 0.25) is 5.91 Å². The number of esters is 1. The van der Waals surface area contributed by atoms with Crippen molar-refractivity contribution < 1.29 is 19.1 Å². The molecule has 0 aromatic heterocycles. The van der Waals surface area contributed by atoms with E-state index in [0.29, 0.717) is 17.9 Å². The third-order valence-electron chi connectivity index (χ3n) is 3.17. The molecule has 0 saturated carbocycles. The van der Waals surface area contributed by atoms with Crippen molar-refractivity contribution in [2.75, 3.05) is 19.0 Å². The third kappa shape index (κ3) is 4.98. The third-order valence-corrected chi connectivity index (χ3v) is 3.17. The Kier molecular flexibility index (Phi) is 6.14. The van der Waals surface area contributed by atoms with Gasteiger partial charge in [-0.05, 0) is 48.9 Å². The molecule has 2 rings (SSSR count). The van der Waals surface area contributed by atoms with Crippen LogP contribution in [-0.2, 0) is 9.53 Å². The Labute approximate surface area is 140 Å². The van der Waals surface area contributed by atoms with Gasteiger partial charge in [0, 0.05) is 11.8 Å². The quantitative estimate of drug-likeness (QED) is 0.652. The first-order chi connectivity index (χ1) is 11.6. The van der Waals surface area contributed by atoms with E-state index in [1.807, 2.05) is 31.2 Å². The van der Waals surface area contributed by atoms with Gasteiger partial charge >= 0.3 is 5.97 Å². The van der Waals surface area contributed by atoms with Crippen molar-refractivity contribution in [1.29, 1.82) is 0 Å². The molecule has 0 aliphatic carbocycles. The van der Waals surface area contributed by atoms with Crippen LogP contribution in [0.15, 0.2) is 54.6 Å². The van der Waals surface area contributed by atoms with Crippen molar-refractivity contribution in [2.24, 2.45) is 0 Å². The highest BCUT2D eigenvalue weighted by Gasteiger charge is 2.06. The molecule has 0 saturated heterocycles. The molecule has 0 heterocycles. The van der Waals surface area contributed by atoms with E-state index < -0.39 is 5.97 Å². The van der Waals surface area contributed by atoms with Gasteiger partial charge in [-0.2, -0.15) is 0 Å². The number of nitrogens with one attached hydrogen (secondary N) is 1. The first kappa shape index (κ1) is 17.3. The molecule has 0 aliphatic heterocycles. The van der Waals surface area contributed by atoms with Crippen LogP contribution in [0.2, 0.25) is 0 Å². The van der Waals surface area contributed by atoms with Gasteiger partial charge in [-0.3, -0.25) is 4.79 Å². The summed E-state index contributed by atoms with van der Waals surface area (Å²) in [6.07, 6.45) is 3.13. The number of hydrogen-bond acceptors (Lipinski definition) is 4. The van der Waals surface area contributed by atoms with Gasteiger partial charge in [0.05, 0.1) is 19.3 Å². The van der Waals surface area contributed by atoms with Crippen LogP contribution in [-0.4, -0.2) is 25.6 Å². The molecule has 5 nitrogen and oxygen atoms in total. The number of carbonyl (C=O) groups is 2. The molecular formula is C19H19NO4. The lowest BCUT2D eigenvalue weighted by molar-refractivity contribution is -0.111. The van der Waals surface area contributed by atoms with Gasteiger partial charge < -0.3 is 14.8 Å². The predicted octanol–water partition coefficient (Wildman–Crippen LogP) is 3.52. The molecule has 1 amide bonds. The van der Waals surface area contributed by atoms with Crippen LogP contribution in [0.3, 0.4) is 0 Å². The summed E-state index contributed by atoms with van der Waals surface area (Å²) >= 11 is 0. The number of rotatable bonds is 6. The molecule has 0 unspecified atom stereocenters. The summed E-state index contributed by atoms with van der Waals surface area (Å²) in [4.78, 5) is 23.4. The smallest absolute Gasteiger partial charge is 0.337 e. The van der Waals surface area contributed by atoms with Crippen molar-refractivity contribution in [2.45, 2.75) is 6.92 Å².